The third-order valence-electron chi connectivity index (χ3n) is 4.19. The van der Waals surface area contributed by atoms with E-state index in [1.54, 1.807) is 18.2 Å². The van der Waals surface area contributed by atoms with Gasteiger partial charge in [-0.15, -0.1) is 0 Å². The van der Waals surface area contributed by atoms with E-state index in [1.165, 1.54) is 0 Å². The maximum atomic E-state index is 12.3. The number of benzene rings is 2. The zero-order valence-electron chi connectivity index (χ0n) is 13.0. The van der Waals surface area contributed by atoms with E-state index in [1.807, 2.05) is 43.0 Å². The topological polar surface area (TPSA) is 29.5 Å². The van der Waals surface area contributed by atoms with Gasteiger partial charge in [0, 0.05) is 12.1 Å². The van der Waals surface area contributed by atoms with Gasteiger partial charge in [-0.05, 0) is 30.7 Å². The number of para-hydroxylation sites is 2. The summed E-state index contributed by atoms with van der Waals surface area (Å²) in [4.78, 5) is 14.2. The lowest BCUT2D eigenvalue weighted by molar-refractivity contribution is -0.156. The molecule has 0 amide bonds. The van der Waals surface area contributed by atoms with Crippen LogP contribution in [0.5, 0.6) is 0 Å². The number of esters is 1. The Hall–Kier alpha value is -1.71. The molecule has 0 fully saturated rings. The highest BCUT2D eigenvalue weighted by Crippen LogP contribution is 2.46. The summed E-state index contributed by atoms with van der Waals surface area (Å²) in [5.41, 5.74) is 1.57. The van der Waals surface area contributed by atoms with Crippen LogP contribution in [-0.4, -0.2) is 11.7 Å². The minimum atomic E-state index is -0.863. The van der Waals surface area contributed by atoms with Crippen molar-refractivity contribution in [3.8, 4) is 0 Å². The van der Waals surface area contributed by atoms with Gasteiger partial charge in [-0.3, -0.25) is 9.69 Å². The molecule has 0 saturated heterocycles. The Labute approximate surface area is 145 Å². The summed E-state index contributed by atoms with van der Waals surface area (Å²) in [6.45, 7) is 3.85. The van der Waals surface area contributed by atoms with Crippen molar-refractivity contribution >= 4 is 40.5 Å². The van der Waals surface area contributed by atoms with Gasteiger partial charge in [0.2, 0.25) is 0 Å². The third kappa shape index (κ3) is 2.79. The first kappa shape index (κ1) is 16.2. The molecular formula is C18H17Cl2NO2. The summed E-state index contributed by atoms with van der Waals surface area (Å²) < 4.78 is 5.78. The number of rotatable bonds is 2. The molecule has 0 radical (unpaired) electrons. The fraction of sp³-hybridized carbons (Fsp3) is 0.278. The Balaban J connectivity index is 2.31. The first-order chi connectivity index (χ1) is 11.0. The van der Waals surface area contributed by atoms with Crippen molar-refractivity contribution in [3.05, 3.63) is 58.1 Å². The summed E-state index contributed by atoms with van der Waals surface area (Å²) in [6, 6.07) is 13.1. The van der Waals surface area contributed by atoms with Crippen molar-refractivity contribution in [3.63, 3.8) is 0 Å². The number of halogens is 2. The van der Waals surface area contributed by atoms with Crippen LogP contribution < -0.4 is 4.90 Å². The predicted octanol–water partition coefficient (Wildman–Crippen LogP) is 5.36. The first-order valence-corrected chi connectivity index (χ1v) is 8.26. The minimum Gasteiger partial charge on any atom is -0.439 e. The number of hydrogen-bond donors (Lipinski definition) is 0. The van der Waals surface area contributed by atoms with Crippen LogP contribution in [0.1, 0.15) is 25.8 Å². The van der Waals surface area contributed by atoms with E-state index in [9.17, 15) is 4.79 Å². The number of anilines is 2. The normalized spacial score (nSPS) is 20.7. The van der Waals surface area contributed by atoms with Crippen LogP contribution in [0.4, 0.5) is 11.4 Å². The lowest BCUT2D eigenvalue weighted by Gasteiger charge is -2.41. The van der Waals surface area contributed by atoms with Gasteiger partial charge in [-0.1, -0.05) is 54.4 Å². The number of carbonyl (C=O) groups is 1. The summed E-state index contributed by atoms with van der Waals surface area (Å²) >= 11 is 12.9. The maximum absolute atomic E-state index is 12.3. The second-order valence-corrected chi connectivity index (χ2v) is 6.53. The van der Waals surface area contributed by atoms with Crippen molar-refractivity contribution < 1.29 is 9.53 Å². The van der Waals surface area contributed by atoms with Gasteiger partial charge in [0.05, 0.1) is 22.2 Å². The largest absolute Gasteiger partial charge is 0.439 e. The summed E-state index contributed by atoms with van der Waals surface area (Å²) in [5.74, 6) is -0.257. The molecule has 23 heavy (non-hydrogen) atoms. The van der Waals surface area contributed by atoms with Crippen LogP contribution in [0, 0.1) is 0 Å². The van der Waals surface area contributed by atoms with Crippen molar-refractivity contribution in [1.82, 2.24) is 0 Å². The van der Waals surface area contributed by atoms with Gasteiger partial charge in [0.1, 0.15) is 0 Å². The van der Waals surface area contributed by atoms with Gasteiger partial charge in [0.25, 0.3) is 0 Å². The fourth-order valence-electron chi connectivity index (χ4n) is 2.91. The smallest absolute Gasteiger partial charge is 0.312 e. The van der Waals surface area contributed by atoms with E-state index in [4.69, 9.17) is 27.9 Å². The van der Waals surface area contributed by atoms with Crippen molar-refractivity contribution in [2.45, 2.75) is 32.4 Å². The number of fused-ring (bicyclic) bond motifs is 1. The molecule has 3 nitrogen and oxygen atoms in total. The Morgan fingerprint density at radius 2 is 1.78 bits per heavy atom. The van der Waals surface area contributed by atoms with Gasteiger partial charge in [0.15, 0.2) is 5.72 Å². The van der Waals surface area contributed by atoms with Crippen LogP contribution in [0.2, 0.25) is 10.0 Å². The molecule has 1 unspecified atom stereocenters. The molecule has 1 aliphatic rings. The Morgan fingerprint density at radius 3 is 2.43 bits per heavy atom. The zero-order chi connectivity index (χ0) is 16.6. The molecule has 0 aromatic heterocycles. The molecule has 5 heteroatoms. The van der Waals surface area contributed by atoms with E-state index in [-0.39, 0.29) is 12.4 Å². The van der Waals surface area contributed by atoms with Gasteiger partial charge in [-0.25, -0.2) is 0 Å². The maximum Gasteiger partial charge on any atom is 0.312 e. The average molecular weight is 350 g/mol. The Morgan fingerprint density at radius 1 is 1.13 bits per heavy atom. The molecule has 0 aliphatic carbocycles. The van der Waals surface area contributed by atoms with Crippen molar-refractivity contribution in [2.75, 3.05) is 4.90 Å². The highest BCUT2D eigenvalue weighted by Gasteiger charge is 2.40. The molecule has 2 aromatic carbocycles. The molecule has 1 heterocycles. The Kier molecular flexibility index (Phi) is 4.26. The molecular weight excluding hydrogens is 333 g/mol. The van der Waals surface area contributed by atoms with Crippen LogP contribution in [-0.2, 0) is 16.0 Å². The minimum absolute atomic E-state index is 0.227. The molecule has 1 aliphatic heterocycles. The predicted molar refractivity (Wildman–Crippen MR) is 93.5 cm³/mol. The highest BCUT2D eigenvalue weighted by molar-refractivity contribution is 6.39. The van der Waals surface area contributed by atoms with Crippen molar-refractivity contribution in [2.24, 2.45) is 0 Å². The Bertz CT molecular complexity index is 742. The van der Waals surface area contributed by atoms with Gasteiger partial charge < -0.3 is 4.74 Å². The molecule has 0 bridgehead atoms. The standard InChI is InChI=1S/C18H17Cl2NO2/c1-3-18(2)21(17-13(19)8-6-9-14(17)20)15-10-5-4-7-12(15)11-16(22)23-18/h4-10H,3,11H2,1-2H3. The molecule has 120 valence electrons. The second-order valence-electron chi connectivity index (χ2n) is 5.71. The summed E-state index contributed by atoms with van der Waals surface area (Å²) in [7, 11) is 0. The number of ether oxygens (including phenoxy) is 1. The second kappa shape index (κ2) is 6.06. The third-order valence-corrected chi connectivity index (χ3v) is 4.80. The molecule has 3 rings (SSSR count). The summed E-state index contributed by atoms with van der Waals surface area (Å²) in [6.07, 6.45) is 0.818. The van der Waals surface area contributed by atoms with E-state index < -0.39 is 5.72 Å². The monoisotopic (exact) mass is 349 g/mol. The number of carbonyl (C=O) groups excluding carboxylic acids is 1. The van der Waals surface area contributed by atoms with E-state index >= 15 is 0 Å². The SMILES string of the molecule is CCC1(C)OC(=O)Cc2ccccc2N1c1c(Cl)cccc1Cl. The first-order valence-electron chi connectivity index (χ1n) is 7.50. The van der Waals surface area contributed by atoms with E-state index in [2.05, 4.69) is 0 Å². The quantitative estimate of drug-likeness (QED) is 0.683. The lowest BCUT2D eigenvalue weighted by Crippen LogP contribution is -2.46. The molecule has 0 N–H and O–H groups in total. The van der Waals surface area contributed by atoms with Gasteiger partial charge >= 0.3 is 5.97 Å². The van der Waals surface area contributed by atoms with Crippen LogP contribution in [0.3, 0.4) is 0 Å². The lowest BCUT2D eigenvalue weighted by atomic mass is 10.0. The van der Waals surface area contributed by atoms with Crippen LogP contribution >= 0.6 is 23.2 Å². The number of hydrogen-bond acceptors (Lipinski definition) is 3. The van der Waals surface area contributed by atoms with Crippen molar-refractivity contribution in [1.29, 1.82) is 0 Å². The zero-order valence-corrected chi connectivity index (χ0v) is 14.5. The number of nitrogens with zero attached hydrogens (tertiary/aromatic N) is 1. The molecule has 0 saturated carbocycles. The molecule has 1 atom stereocenters. The highest BCUT2D eigenvalue weighted by atomic mass is 35.5. The number of cyclic esters (lactones) is 1. The van der Waals surface area contributed by atoms with E-state index in [0.717, 1.165) is 11.3 Å². The fourth-order valence-corrected chi connectivity index (χ4v) is 3.47. The van der Waals surface area contributed by atoms with Gasteiger partial charge in [-0.2, -0.15) is 0 Å². The average Bonchev–Trinajstić information content (AvgIpc) is 2.62. The molecule has 2 aromatic rings. The molecule has 0 spiro atoms. The van der Waals surface area contributed by atoms with Crippen LogP contribution in [0.25, 0.3) is 0 Å². The van der Waals surface area contributed by atoms with E-state index in [0.29, 0.717) is 22.2 Å². The van der Waals surface area contributed by atoms with Crippen LogP contribution in [0.15, 0.2) is 42.5 Å². The summed E-state index contributed by atoms with van der Waals surface area (Å²) in [5, 5.41) is 1.04.